The van der Waals surface area contributed by atoms with Crippen LogP contribution >= 0.6 is 0 Å². The molecule has 0 saturated carbocycles. The second-order valence-electron chi connectivity index (χ2n) is 7.95. The summed E-state index contributed by atoms with van der Waals surface area (Å²) in [5, 5.41) is 13.9. The van der Waals surface area contributed by atoms with Gasteiger partial charge in [0.2, 0.25) is 0 Å². The number of hydrogen-bond donors (Lipinski definition) is 3. The van der Waals surface area contributed by atoms with Crippen LogP contribution in [0.4, 0.5) is 4.79 Å². The zero-order valence-corrected chi connectivity index (χ0v) is 18.9. The number of nitrogens with one attached hydrogen (secondary N) is 2. The first-order valence-corrected chi connectivity index (χ1v) is 11.2. The van der Waals surface area contributed by atoms with E-state index in [-0.39, 0.29) is 25.0 Å². The lowest BCUT2D eigenvalue weighted by Crippen LogP contribution is -2.29. The molecular formula is C28H24N2O5. The number of fused-ring (bicyclic) bond motifs is 3. The SMILES string of the molecule is O=C(O)C#CCNC(=O)c1ccccc1CCNC(=O)OCC1c2ccccc2-c2ccccc21. The molecule has 2 amide bonds. The molecule has 3 aromatic rings. The smallest absolute Gasteiger partial charge is 0.407 e. The van der Waals surface area contributed by atoms with Crippen molar-refractivity contribution in [3.63, 3.8) is 0 Å². The van der Waals surface area contributed by atoms with Crippen LogP contribution in [0, 0.1) is 11.8 Å². The number of hydrogen-bond acceptors (Lipinski definition) is 4. The molecule has 7 heteroatoms. The van der Waals surface area contributed by atoms with E-state index in [2.05, 4.69) is 40.8 Å². The molecule has 4 rings (SSSR count). The van der Waals surface area contributed by atoms with E-state index in [1.807, 2.05) is 36.3 Å². The minimum absolute atomic E-state index is 0.0122. The Morgan fingerprint density at radius 1 is 0.857 bits per heavy atom. The summed E-state index contributed by atoms with van der Waals surface area (Å²) in [6.07, 6.45) is -0.0908. The quantitative estimate of drug-likeness (QED) is 0.460. The van der Waals surface area contributed by atoms with Crippen LogP contribution < -0.4 is 10.6 Å². The standard InChI is InChI=1S/C28H24N2O5/c31-26(32)14-7-16-29-27(33)20-9-2-1-8-19(20)15-17-30-28(34)35-18-25-23-12-5-3-10-21(23)22-11-4-6-13-24(22)25/h1-6,8-13,25H,15-18H2,(H,29,33)(H,30,34)(H,31,32). The topological polar surface area (TPSA) is 105 Å². The molecular weight excluding hydrogens is 444 g/mol. The molecule has 3 aromatic carbocycles. The highest BCUT2D eigenvalue weighted by Gasteiger charge is 2.28. The molecule has 0 unspecified atom stereocenters. The van der Waals surface area contributed by atoms with E-state index in [0.717, 1.165) is 16.7 Å². The first-order valence-electron chi connectivity index (χ1n) is 11.2. The third-order valence-corrected chi connectivity index (χ3v) is 5.80. The maximum Gasteiger partial charge on any atom is 0.407 e. The van der Waals surface area contributed by atoms with E-state index in [9.17, 15) is 14.4 Å². The molecule has 0 fully saturated rings. The molecule has 3 N–H and O–H groups in total. The van der Waals surface area contributed by atoms with Gasteiger partial charge in [-0.2, -0.15) is 0 Å². The van der Waals surface area contributed by atoms with Gasteiger partial charge in [-0.3, -0.25) is 4.79 Å². The molecule has 0 radical (unpaired) electrons. The fourth-order valence-electron chi connectivity index (χ4n) is 4.25. The molecule has 0 bridgehead atoms. The van der Waals surface area contributed by atoms with Crippen molar-refractivity contribution in [1.29, 1.82) is 0 Å². The average Bonchev–Trinajstić information content (AvgIpc) is 3.19. The van der Waals surface area contributed by atoms with E-state index < -0.39 is 12.1 Å². The molecule has 1 aliphatic rings. The summed E-state index contributed by atoms with van der Waals surface area (Å²) in [5.74, 6) is 2.68. The molecule has 35 heavy (non-hydrogen) atoms. The summed E-state index contributed by atoms with van der Waals surface area (Å²) >= 11 is 0. The van der Waals surface area contributed by atoms with Gasteiger partial charge >= 0.3 is 12.1 Å². The van der Waals surface area contributed by atoms with Crippen LogP contribution in [0.3, 0.4) is 0 Å². The molecule has 0 spiro atoms. The van der Waals surface area contributed by atoms with Crippen LogP contribution in [0.2, 0.25) is 0 Å². The number of benzene rings is 3. The van der Waals surface area contributed by atoms with Gasteiger partial charge in [-0.05, 0) is 40.3 Å². The zero-order chi connectivity index (χ0) is 24.6. The van der Waals surface area contributed by atoms with Crippen molar-refractivity contribution in [3.8, 4) is 23.0 Å². The summed E-state index contributed by atoms with van der Waals surface area (Å²) < 4.78 is 5.55. The highest BCUT2D eigenvalue weighted by Crippen LogP contribution is 2.44. The number of carboxylic acid groups (broad SMARTS) is 1. The average molecular weight is 469 g/mol. The van der Waals surface area contributed by atoms with Gasteiger partial charge in [0.15, 0.2) is 0 Å². The number of carbonyl (C=O) groups is 3. The molecule has 0 heterocycles. The maximum absolute atomic E-state index is 12.4. The van der Waals surface area contributed by atoms with E-state index >= 15 is 0 Å². The summed E-state index contributed by atoms with van der Waals surface area (Å²) in [4.78, 5) is 35.2. The van der Waals surface area contributed by atoms with Crippen LogP contribution in [-0.4, -0.2) is 42.8 Å². The predicted octanol–water partition coefficient (Wildman–Crippen LogP) is 3.59. The molecule has 1 aliphatic carbocycles. The van der Waals surface area contributed by atoms with Crippen molar-refractivity contribution in [1.82, 2.24) is 10.6 Å². The number of rotatable bonds is 7. The third-order valence-electron chi connectivity index (χ3n) is 5.80. The van der Waals surface area contributed by atoms with Gasteiger partial charge in [-0.1, -0.05) is 72.7 Å². The Bertz CT molecular complexity index is 1280. The van der Waals surface area contributed by atoms with Crippen molar-refractivity contribution in [3.05, 3.63) is 95.1 Å². The molecule has 0 atom stereocenters. The number of ether oxygens (including phenoxy) is 1. The number of amides is 2. The minimum Gasteiger partial charge on any atom is -0.472 e. The highest BCUT2D eigenvalue weighted by molar-refractivity contribution is 5.96. The van der Waals surface area contributed by atoms with Crippen LogP contribution in [0.1, 0.15) is 33.0 Å². The highest BCUT2D eigenvalue weighted by atomic mass is 16.5. The Balaban J connectivity index is 1.30. The fourth-order valence-corrected chi connectivity index (χ4v) is 4.25. The predicted molar refractivity (Wildman–Crippen MR) is 131 cm³/mol. The molecule has 0 aromatic heterocycles. The maximum atomic E-state index is 12.4. The minimum atomic E-state index is -1.25. The van der Waals surface area contributed by atoms with E-state index in [1.54, 1.807) is 18.2 Å². The largest absolute Gasteiger partial charge is 0.472 e. The Morgan fingerprint density at radius 3 is 2.17 bits per heavy atom. The van der Waals surface area contributed by atoms with Crippen molar-refractivity contribution in [2.75, 3.05) is 19.7 Å². The van der Waals surface area contributed by atoms with E-state index in [4.69, 9.17) is 9.84 Å². The van der Waals surface area contributed by atoms with Crippen molar-refractivity contribution in [2.45, 2.75) is 12.3 Å². The summed E-state index contributed by atoms with van der Waals surface area (Å²) in [6.45, 7) is 0.452. The first kappa shape index (κ1) is 23.6. The second-order valence-corrected chi connectivity index (χ2v) is 7.95. The van der Waals surface area contributed by atoms with Crippen molar-refractivity contribution < 1.29 is 24.2 Å². The number of carboxylic acids is 1. The van der Waals surface area contributed by atoms with Crippen LogP contribution in [-0.2, 0) is 16.0 Å². The second kappa shape index (κ2) is 11.0. The van der Waals surface area contributed by atoms with Gasteiger partial charge in [0.25, 0.3) is 5.91 Å². The van der Waals surface area contributed by atoms with Gasteiger partial charge in [0.05, 0.1) is 6.54 Å². The lowest BCUT2D eigenvalue weighted by Gasteiger charge is -2.15. The van der Waals surface area contributed by atoms with E-state index in [1.165, 1.54) is 11.1 Å². The molecule has 7 nitrogen and oxygen atoms in total. The van der Waals surface area contributed by atoms with Crippen LogP contribution in [0.25, 0.3) is 11.1 Å². The van der Waals surface area contributed by atoms with Gasteiger partial charge in [0.1, 0.15) is 6.61 Å². The number of carbonyl (C=O) groups excluding carboxylic acids is 2. The Kier molecular flexibility index (Phi) is 7.44. The number of alkyl carbamates (subject to hydrolysis) is 1. The molecule has 0 aliphatic heterocycles. The zero-order valence-electron chi connectivity index (χ0n) is 18.9. The summed E-state index contributed by atoms with van der Waals surface area (Å²) in [5.41, 5.74) is 5.82. The summed E-state index contributed by atoms with van der Waals surface area (Å²) in [6, 6.07) is 23.3. The summed E-state index contributed by atoms with van der Waals surface area (Å²) in [7, 11) is 0. The van der Waals surface area contributed by atoms with Gasteiger partial charge in [-0.15, -0.1) is 0 Å². The molecule has 0 saturated heterocycles. The third kappa shape index (κ3) is 5.68. The Hall–Kier alpha value is -4.57. The van der Waals surface area contributed by atoms with Gasteiger partial charge in [-0.25, -0.2) is 9.59 Å². The van der Waals surface area contributed by atoms with Crippen LogP contribution in [0.5, 0.6) is 0 Å². The number of aliphatic carboxylic acids is 1. The lowest BCUT2D eigenvalue weighted by molar-refractivity contribution is -0.130. The Morgan fingerprint density at radius 2 is 1.49 bits per heavy atom. The van der Waals surface area contributed by atoms with Crippen molar-refractivity contribution >= 4 is 18.0 Å². The van der Waals surface area contributed by atoms with Crippen LogP contribution in [0.15, 0.2) is 72.8 Å². The van der Waals surface area contributed by atoms with Crippen molar-refractivity contribution in [2.24, 2.45) is 0 Å². The van der Waals surface area contributed by atoms with Gasteiger partial charge < -0.3 is 20.5 Å². The Labute approximate surface area is 203 Å². The monoisotopic (exact) mass is 468 g/mol. The van der Waals surface area contributed by atoms with Gasteiger partial charge in [0, 0.05) is 23.9 Å². The molecule has 176 valence electrons. The first-order chi connectivity index (χ1) is 17.0. The normalized spacial score (nSPS) is 11.4. The lowest BCUT2D eigenvalue weighted by atomic mass is 9.98. The fraction of sp³-hybridized carbons (Fsp3) is 0.179. The van der Waals surface area contributed by atoms with E-state index in [0.29, 0.717) is 18.5 Å².